The van der Waals surface area contributed by atoms with E-state index in [0.717, 1.165) is 45.4 Å². The monoisotopic (exact) mass is 377 g/mol. The summed E-state index contributed by atoms with van der Waals surface area (Å²) in [5.74, 6) is 0.0595. The van der Waals surface area contributed by atoms with Gasteiger partial charge in [0.1, 0.15) is 0 Å². The van der Waals surface area contributed by atoms with Gasteiger partial charge in [-0.25, -0.2) is 4.68 Å². The van der Waals surface area contributed by atoms with Crippen molar-refractivity contribution in [1.29, 1.82) is 0 Å². The molecule has 0 saturated carbocycles. The summed E-state index contributed by atoms with van der Waals surface area (Å²) in [7, 11) is 0. The third kappa shape index (κ3) is 2.61. The first-order chi connectivity index (χ1) is 13.5. The number of pyridine rings is 1. The zero-order chi connectivity index (χ0) is 19.4. The van der Waals surface area contributed by atoms with Gasteiger partial charge >= 0.3 is 0 Å². The summed E-state index contributed by atoms with van der Waals surface area (Å²) in [6.07, 6.45) is 2.62. The quantitative estimate of drug-likeness (QED) is 0.652. The van der Waals surface area contributed by atoms with Gasteiger partial charge < -0.3 is 9.64 Å². The van der Waals surface area contributed by atoms with E-state index in [1.807, 2.05) is 42.5 Å². The number of hydrogen-bond acceptors (Lipinski definition) is 5. The van der Waals surface area contributed by atoms with E-state index in [4.69, 9.17) is 4.74 Å². The molecule has 7 nitrogen and oxygen atoms in total. The molecule has 1 fully saturated rings. The van der Waals surface area contributed by atoms with Crippen molar-refractivity contribution < 1.29 is 9.53 Å². The summed E-state index contributed by atoms with van der Waals surface area (Å²) >= 11 is 0. The molecule has 1 amide bonds. The molecule has 7 heteroatoms. The summed E-state index contributed by atoms with van der Waals surface area (Å²) in [6, 6.07) is 6.11. The van der Waals surface area contributed by atoms with E-state index < -0.39 is 0 Å². The largest absolute Gasteiger partial charge is 0.370 e. The van der Waals surface area contributed by atoms with Crippen LogP contribution in [0.15, 0.2) is 24.4 Å². The van der Waals surface area contributed by atoms with E-state index in [0.29, 0.717) is 19.7 Å². The van der Waals surface area contributed by atoms with Crippen LogP contribution in [0.2, 0.25) is 0 Å². The molecule has 3 aromatic rings. The van der Waals surface area contributed by atoms with Crippen molar-refractivity contribution in [1.82, 2.24) is 24.9 Å². The van der Waals surface area contributed by atoms with Crippen molar-refractivity contribution in [3.63, 3.8) is 0 Å². The number of piperidine rings is 1. The van der Waals surface area contributed by atoms with Crippen molar-refractivity contribution in [2.24, 2.45) is 0 Å². The second kappa shape index (κ2) is 6.38. The van der Waals surface area contributed by atoms with Crippen molar-refractivity contribution in [2.45, 2.75) is 45.9 Å². The predicted octanol–water partition coefficient (Wildman–Crippen LogP) is 2.74. The van der Waals surface area contributed by atoms with Gasteiger partial charge in [-0.05, 0) is 44.9 Å². The molecule has 28 heavy (non-hydrogen) atoms. The molecule has 0 N–H and O–H groups in total. The molecule has 2 aromatic heterocycles. The summed E-state index contributed by atoms with van der Waals surface area (Å²) in [4.78, 5) is 20.2. The first-order valence-electron chi connectivity index (χ1n) is 9.70. The van der Waals surface area contributed by atoms with E-state index >= 15 is 0 Å². The number of nitrogens with zero attached hydrogens (tertiary/aromatic N) is 5. The fourth-order valence-corrected chi connectivity index (χ4v) is 4.39. The number of hydrogen-bond donors (Lipinski definition) is 0. The standard InChI is InChI=1S/C21H23N5O2/c1-12-4-5-17-16(8-12)20(13(2)14(3)23-17)21(27)25-7-6-19-18(10-25)26-15(11-28-19)9-22-24-26/h4-5,8-9,18-19H,6-7,10-11H2,1-3H3/t18-,19-/m0/s1. The van der Waals surface area contributed by atoms with E-state index in [1.165, 1.54) is 0 Å². The molecule has 0 radical (unpaired) electrons. The van der Waals surface area contributed by atoms with Crippen LogP contribution in [0.5, 0.6) is 0 Å². The number of carbonyl (C=O) groups is 1. The summed E-state index contributed by atoms with van der Waals surface area (Å²) in [6.45, 7) is 7.79. The smallest absolute Gasteiger partial charge is 0.254 e. The first kappa shape index (κ1) is 17.3. The second-order valence-corrected chi connectivity index (χ2v) is 7.84. The normalized spacial score (nSPS) is 21.5. The molecule has 0 aliphatic carbocycles. The van der Waals surface area contributed by atoms with E-state index in [9.17, 15) is 4.79 Å². The minimum atomic E-state index is 0.0141. The molecule has 2 atom stereocenters. The highest BCUT2D eigenvalue weighted by Crippen LogP contribution is 2.32. The average molecular weight is 377 g/mol. The lowest BCUT2D eigenvalue weighted by Gasteiger charge is -2.41. The lowest BCUT2D eigenvalue weighted by atomic mass is 9.96. The fourth-order valence-electron chi connectivity index (χ4n) is 4.39. The van der Waals surface area contributed by atoms with Crippen molar-refractivity contribution >= 4 is 16.8 Å². The zero-order valence-electron chi connectivity index (χ0n) is 16.3. The van der Waals surface area contributed by atoms with Crippen LogP contribution in [0.1, 0.15) is 45.3 Å². The molecule has 2 aliphatic rings. The first-order valence-corrected chi connectivity index (χ1v) is 9.70. The Bertz CT molecular complexity index is 1090. The van der Waals surface area contributed by atoms with Gasteiger partial charge in [0, 0.05) is 24.2 Å². The highest BCUT2D eigenvalue weighted by Gasteiger charge is 2.38. The van der Waals surface area contributed by atoms with Crippen LogP contribution in [-0.4, -0.2) is 50.0 Å². The maximum atomic E-state index is 13.6. The molecular weight excluding hydrogens is 354 g/mol. The average Bonchev–Trinajstić information content (AvgIpc) is 3.18. The molecule has 5 rings (SSSR count). The summed E-state index contributed by atoms with van der Waals surface area (Å²) in [5, 5.41) is 9.19. The number of aromatic nitrogens is 4. The Morgan fingerprint density at radius 2 is 2.11 bits per heavy atom. The zero-order valence-corrected chi connectivity index (χ0v) is 16.3. The molecule has 1 aromatic carbocycles. The number of rotatable bonds is 1. The van der Waals surface area contributed by atoms with E-state index in [1.54, 1.807) is 6.20 Å². The summed E-state index contributed by atoms with van der Waals surface area (Å²) in [5.41, 5.74) is 5.57. The highest BCUT2D eigenvalue weighted by atomic mass is 16.5. The Labute approximate surface area is 163 Å². The summed E-state index contributed by atoms with van der Waals surface area (Å²) < 4.78 is 7.91. The molecular formula is C21H23N5O2. The molecule has 2 aliphatic heterocycles. The SMILES string of the molecule is Cc1ccc2nc(C)c(C)c(C(=O)N3CC[C@@H]4OCc5cnnn5[C@H]4C3)c2c1. The Hall–Kier alpha value is -2.80. The minimum absolute atomic E-state index is 0.0141. The lowest BCUT2D eigenvalue weighted by molar-refractivity contribution is -0.0604. The molecule has 4 heterocycles. The number of aryl methyl sites for hydroxylation is 2. The van der Waals surface area contributed by atoms with Gasteiger partial charge in [0.05, 0.1) is 41.7 Å². The highest BCUT2D eigenvalue weighted by molar-refractivity contribution is 6.07. The van der Waals surface area contributed by atoms with E-state index in [2.05, 4.69) is 21.4 Å². The second-order valence-electron chi connectivity index (χ2n) is 7.84. The molecule has 0 spiro atoms. The number of benzene rings is 1. The molecule has 0 unspecified atom stereocenters. The molecule has 0 bridgehead atoms. The van der Waals surface area contributed by atoms with Crippen LogP contribution in [0.3, 0.4) is 0 Å². The van der Waals surface area contributed by atoms with Gasteiger partial charge in [-0.1, -0.05) is 16.8 Å². The van der Waals surface area contributed by atoms with Crippen LogP contribution >= 0.6 is 0 Å². The van der Waals surface area contributed by atoms with Crippen molar-refractivity contribution in [3.8, 4) is 0 Å². The Morgan fingerprint density at radius 1 is 1.25 bits per heavy atom. The van der Waals surface area contributed by atoms with Gasteiger partial charge in [-0.2, -0.15) is 0 Å². The van der Waals surface area contributed by atoms with Gasteiger partial charge in [0.25, 0.3) is 5.91 Å². The third-order valence-electron chi connectivity index (χ3n) is 6.06. The van der Waals surface area contributed by atoms with Gasteiger partial charge in [0.15, 0.2) is 0 Å². The number of carbonyl (C=O) groups excluding carboxylic acids is 1. The number of ether oxygens (including phenoxy) is 1. The van der Waals surface area contributed by atoms with Crippen LogP contribution in [0.25, 0.3) is 10.9 Å². The van der Waals surface area contributed by atoms with Crippen LogP contribution in [0, 0.1) is 20.8 Å². The van der Waals surface area contributed by atoms with Gasteiger partial charge in [-0.15, -0.1) is 5.10 Å². The van der Waals surface area contributed by atoms with E-state index in [-0.39, 0.29) is 18.1 Å². The van der Waals surface area contributed by atoms with Gasteiger partial charge in [0.2, 0.25) is 0 Å². The lowest BCUT2D eigenvalue weighted by Crippen LogP contribution is -2.50. The Kier molecular flexibility index (Phi) is 3.94. The number of fused-ring (bicyclic) bond motifs is 4. The van der Waals surface area contributed by atoms with Crippen LogP contribution in [-0.2, 0) is 11.3 Å². The van der Waals surface area contributed by atoms with Crippen LogP contribution in [0.4, 0.5) is 0 Å². The Morgan fingerprint density at radius 3 is 2.96 bits per heavy atom. The number of likely N-dealkylation sites (tertiary alicyclic amines) is 1. The molecule has 144 valence electrons. The number of amides is 1. The predicted molar refractivity (Wildman–Crippen MR) is 104 cm³/mol. The third-order valence-corrected chi connectivity index (χ3v) is 6.06. The van der Waals surface area contributed by atoms with Gasteiger partial charge in [-0.3, -0.25) is 9.78 Å². The van der Waals surface area contributed by atoms with Crippen molar-refractivity contribution in [2.75, 3.05) is 13.1 Å². The molecule has 1 saturated heterocycles. The Balaban J connectivity index is 1.54. The minimum Gasteiger partial charge on any atom is -0.370 e. The maximum Gasteiger partial charge on any atom is 0.254 e. The van der Waals surface area contributed by atoms with Crippen molar-refractivity contribution in [3.05, 3.63) is 52.5 Å². The fraction of sp³-hybridized carbons (Fsp3) is 0.429. The maximum absolute atomic E-state index is 13.6. The van der Waals surface area contributed by atoms with Crippen LogP contribution < -0.4 is 0 Å². The topological polar surface area (TPSA) is 73.1 Å².